The van der Waals surface area contributed by atoms with E-state index < -0.39 is 5.97 Å². The van der Waals surface area contributed by atoms with Crippen molar-refractivity contribution in [2.24, 2.45) is 0 Å². The maximum absolute atomic E-state index is 10.3. The second kappa shape index (κ2) is 18.0. The highest BCUT2D eigenvalue weighted by molar-refractivity contribution is 5.66. The van der Waals surface area contributed by atoms with Crippen molar-refractivity contribution in [3.05, 3.63) is 24.3 Å². The van der Waals surface area contributed by atoms with Gasteiger partial charge >= 0.3 is 5.97 Å². The van der Waals surface area contributed by atoms with E-state index in [1.165, 1.54) is 64.2 Å². The molecular formula is C20H36O2. The first kappa shape index (κ1) is 20.9. The van der Waals surface area contributed by atoms with E-state index in [1.807, 2.05) is 0 Å². The summed E-state index contributed by atoms with van der Waals surface area (Å²) in [6, 6.07) is 0. The molecule has 0 heterocycles. The van der Waals surface area contributed by atoms with Crippen molar-refractivity contribution in [3.8, 4) is 0 Å². The van der Waals surface area contributed by atoms with Gasteiger partial charge in [-0.2, -0.15) is 0 Å². The Hall–Kier alpha value is -1.05. The van der Waals surface area contributed by atoms with E-state index in [1.54, 1.807) is 0 Å². The summed E-state index contributed by atoms with van der Waals surface area (Å²) in [4.78, 5) is 10.3. The van der Waals surface area contributed by atoms with Crippen LogP contribution in [0, 0.1) is 0 Å². The van der Waals surface area contributed by atoms with E-state index in [9.17, 15) is 4.79 Å². The average Bonchev–Trinajstić information content (AvgIpc) is 2.50. The number of carboxylic acid groups (broad SMARTS) is 1. The zero-order chi connectivity index (χ0) is 16.3. The molecule has 0 atom stereocenters. The summed E-state index contributed by atoms with van der Waals surface area (Å²) in [5.41, 5.74) is 0. The highest BCUT2D eigenvalue weighted by atomic mass is 16.4. The number of allylic oxidation sites excluding steroid dienone is 4. The quantitative estimate of drug-likeness (QED) is 0.255. The zero-order valence-electron chi connectivity index (χ0n) is 14.6. The fourth-order valence-corrected chi connectivity index (χ4v) is 2.40. The molecule has 0 unspecified atom stereocenters. The number of carboxylic acids is 1. The lowest BCUT2D eigenvalue weighted by Crippen LogP contribution is -1.92. The van der Waals surface area contributed by atoms with Crippen LogP contribution in [-0.2, 0) is 4.79 Å². The van der Waals surface area contributed by atoms with Crippen molar-refractivity contribution in [1.82, 2.24) is 0 Å². The Morgan fingerprint density at radius 3 is 1.55 bits per heavy atom. The molecule has 128 valence electrons. The Bertz CT molecular complexity index is 292. The topological polar surface area (TPSA) is 37.3 Å². The van der Waals surface area contributed by atoms with Crippen molar-refractivity contribution >= 4 is 5.97 Å². The number of aliphatic carboxylic acids is 1. The van der Waals surface area contributed by atoms with Gasteiger partial charge in [0.25, 0.3) is 0 Å². The maximum Gasteiger partial charge on any atom is 0.303 e. The zero-order valence-corrected chi connectivity index (χ0v) is 14.6. The summed E-state index contributed by atoms with van der Waals surface area (Å²) in [5.74, 6) is -0.690. The van der Waals surface area contributed by atoms with E-state index >= 15 is 0 Å². The Kier molecular flexibility index (Phi) is 17.1. The van der Waals surface area contributed by atoms with Gasteiger partial charge < -0.3 is 5.11 Å². The minimum Gasteiger partial charge on any atom is -0.481 e. The number of unbranched alkanes of at least 4 members (excludes halogenated alkanes) is 10. The molecule has 0 bridgehead atoms. The standard InChI is InChI=1S/C20H36O2/c1-2-3-4-5-6-7-8-9-10-11-12-13-14-15-16-17-18-19-20(21)22/h5-6,15-16H,2-4,7-14,17-19H2,1H3,(H,21,22)/b6-5-,16-15-. The van der Waals surface area contributed by atoms with Crippen molar-refractivity contribution in [1.29, 1.82) is 0 Å². The normalized spacial score (nSPS) is 11.7. The first-order valence-corrected chi connectivity index (χ1v) is 9.29. The second-order valence-electron chi connectivity index (χ2n) is 6.07. The molecule has 0 aliphatic carbocycles. The van der Waals surface area contributed by atoms with Crippen LogP contribution in [0.3, 0.4) is 0 Å². The highest BCUT2D eigenvalue weighted by Gasteiger charge is 1.93. The highest BCUT2D eigenvalue weighted by Crippen LogP contribution is 2.10. The van der Waals surface area contributed by atoms with E-state index in [0.717, 1.165) is 19.3 Å². The first-order valence-electron chi connectivity index (χ1n) is 9.29. The summed E-state index contributed by atoms with van der Waals surface area (Å²) in [6.07, 6.45) is 25.3. The van der Waals surface area contributed by atoms with Gasteiger partial charge in [0, 0.05) is 6.42 Å². The molecule has 0 fully saturated rings. The third kappa shape index (κ3) is 18.9. The van der Waals surface area contributed by atoms with Crippen LogP contribution in [0.4, 0.5) is 0 Å². The van der Waals surface area contributed by atoms with Gasteiger partial charge in [-0.1, -0.05) is 69.8 Å². The number of carbonyl (C=O) groups is 1. The molecule has 1 N–H and O–H groups in total. The van der Waals surface area contributed by atoms with Gasteiger partial charge in [-0.3, -0.25) is 4.79 Å². The smallest absolute Gasteiger partial charge is 0.303 e. The summed E-state index contributed by atoms with van der Waals surface area (Å²) in [5, 5.41) is 8.51. The summed E-state index contributed by atoms with van der Waals surface area (Å²) < 4.78 is 0. The average molecular weight is 309 g/mol. The lowest BCUT2D eigenvalue weighted by molar-refractivity contribution is -0.137. The lowest BCUT2D eigenvalue weighted by atomic mass is 10.1. The van der Waals surface area contributed by atoms with Gasteiger partial charge in [0.1, 0.15) is 0 Å². The molecule has 2 heteroatoms. The lowest BCUT2D eigenvalue weighted by Gasteiger charge is -1.99. The molecule has 0 aliphatic rings. The molecule has 2 nitrogen and oxygen atoms in total. The van der Waals surface area contributed by atoms with Crippen molar-refractivity contribution in [2.45, 2.75) is 96.8 Å². The van der Waals surface area contributed by atoms with Gasteiger partial charge in [0.15, 0.2) is 0 Å². The molecule has 0 aromatic heterocycles. The van der Waals surface area contributed by atoms with Gasteiger partial charge in [-0.15, -0.1) is 0 Å². The van der Waals surface area contributed by atoms with Crippen molar-refractivity contribution in [3.63, 3.8) is 0 Å². The largest absolute Gasteiger partial charge is 0.481 e. The van der Waals surface area contributed by atoms with E-state index in [-0.39, 0.29) is 6.42 Å². The summed E-state index contributed by atoms with van der Waals surface area (Å²) in [7, 11) is 0. The molecular weight excluding hydrogens is 272 g/mol. The summed E-state index contributed by atoms with van der Waals surface area (Å²) in [6.45, 7) is 2.24. The van der Waals surface area contributed by atoms with E-state index in [0.29, 0.717) is 0 Å². The Morgan fingerprint density at radius 2 is 1.09 bits per heavy atom. The number of hydrogen-bond donors (Lipinski definition) is 1. The molecule has 0 radical (unpaired) electrons. The molecule has 0 aliphatic heterocycles. The Balaban J connectivity index is 3.12. The molecule has 0 saturated heterocycles. The van der Waals surface area contributed by atoms with Crippen molar-refractivity contribution < 1.29 is 9.90 Å². The Morgan fingerprint density at radius 1 is 0.682 bits per heavy atom. The predicted molar refractivity (Wildman–Crippen MR) is 96.2 cm³/mol. The predicted octanol–water partition coefficient (Wildman–Crippen LogP) is 6.66. The fraction of sp³-hybridized carbons (Fsp3) is 0.750. The van der Waals surface area contributed by atoms with E-state index in [2.05, 4.69) is 31.2 Å². The molecule has 0 saturated carbocycles. The van der Waals surface area contributed by atoms with Gasteiger partial charge in [-0.05, 0) is 44.9 Å². The van der Waals surface area contributed by atoms with Crippen LogP contribution in [-0.4, -0.2) is 11.1 Å². The second-order valence-corrected chi connectivity index (χ2v) is 6.07. The third-order valence-electron chi connectivity index (χ3n) is 3.81. The number of rotatable bonds is 16. The van der Waals surface area contributed by atoms with Crippen LogP contribution in [0.1, 0.15) is 96.8 Å². The minimum absolute atomic E-state index is 0.290. The van der Waals surface area contributed by atoms with Crippen LogP contribution in [0.15, 0.2) is 24.3 Å². The third-order valence-corrected chi connectivity index (χ3v) is 3.81. The van der Waals surface area contributed by atoms with Gasteiger partial charge in [-0.25, -0.2) is 0 Å². The van der Waals surface area contributed by atoms with Crippen LogP contribution >= 0.6 is 0 Å². The monoisotopic (exact) mass is 308 g/mol. The van der Waals surface area contributed by atoms with Gasteiger partial charge in [0.05, 0.1) is 0 Å². The maximum atomic E-state index is 10.3. The van der Waals surface area contributed by atoms with Crippen molar-refractivity contribution in [2.75, 3.05) is 0 Å². The fourth-order valence-electron chi connectivity index (χ4n) is 2.40. The minimum atomic E-state index is -0.690. The van der Waals surface area contributed by atoms with E-state index in [4.69, 9.17) is 5.11 Å². The summed E-state index contributed by atoms with van der Waals surface area (Å²) >= 11 is 0. The molecule has 0 aromatic rings. The molecule has 0 spiro atoms. The molecule has 0 rings (SSSR count). The van der Waals surface area contributed by atoms with Gasteiger partial charge in [0.2, 0.25) is 0 Å². The molecule has 0 amide bonds. The first-order chi connectivity index (χ1) is 10.8. The van der Waals surface area contributed by atoms with Crippen LogP contribution in [0.25, 0.3) is 0 Å². The number of hydrogen-bond acceptors (Lipinski definition) is 1. The van der Waals surface area contributed by atoms with Crippen LogP contribution < -0.4 is 0 Å². The molecule has 22 heavy (non-hydrogen) atoms. The van der Waals surface area contributed by atoms with Crippen LogP contribution in [0.5, 0.6) is 0 Å². The molecule has 0 aromatic carbocycles. The van der Waals surface area contributed by atoms with Crippen LogP contribution in [0.2, 0.25) is 0 Å². The Labute approximate surface area is 137 Å². The SMILES string of the molecule is CCCC/C=C\CCCCCCCC/C=C\CCCC(=O)O.